The van der Waals surface area contributed by atoms with Crippen LogP contribution in [0.4, 0.5) is 0 Å². The third kappa shape index (κ3) is 3.25. The van der Waals surface area contributed by atoms with Crippen molar-refractivity contribution in [2.45, 2.75) is 57.1 Å². The normalized spacial score (nSPS) is 30.5. The van der Waals surface area contributed by atoms with Gasteiger partial charge in [-0.3, -0.25) is 0 Å². The zero-order valence-electron chi connectivity index (χ0n) is 11.6. The first-order chi connectivity index (χ1) is 8.83. The molecule has 2 heterocycles. The summed E-state index contributed by atoms with van der Waals surface area (Å²) in [5.74, 6) is 0.629. The lowest BCUT2D eigenvalue weighted by molar-refractivity contribution is 0.0528. The summed E-state index contributed by atoms with van der Waals surface area (Å²) in [6, 6.07) is 0.833. The van der Waals surface area contributed by atoms with Gasteiger partial charge in [-0.05, 0) is 70.6 Å². The fourth-order valence-electron chi connectivity index (χ4n) is 3.65. The summed E-state index contributed by atoms with van der Waals surface area (Å²) in [7, 11) is 0. The van der Waals surface area contributed by atoms with Crippen LogP contribution in [0.2, 0.25) is 0 Å². The largest absolute Gasteiger partial charge is 0.392 e. The molecule has 3 heteroatoms. The summed E-state index contributed by atoms with van der Waals surface area (Å²) in [6.45, 7) is 5.98. The van der Waals surface area contributed by atoms with Gasteiger partial charge in [0.1, 0.15) is 0 Å². The molecular formula is C15H28N2O. The Morgan fingerprint density at radius 2 is 1.56 bits per heavy atom. The summed E-state index contributed by atoms with van der Waals surface area (Å²) in [5, 5.41) is 10.0. The topological polar surface area (TPSA) is 26.7 Å². The molecule has 3 fully saturated rings. The first-order valence-corrected chi connectivity index (χ1v) is 7.97. The lowest BCUT2D eigenvalue weighted by Crippen LogP contribution is -2.48. The van der Waals surface area contributed by atoms with Gasteiger partial charge in [-0.1, -0.05) is 6.42 Å². The summed E-state index contributed by atoms with van der Waals surface area (Å²) < 4.78 is 0. The number of hydrogen-bond acceptors (Lipinski definition) is 3. The molecule has 3 rings (SSSR count). The Bertz CT molecular complexity index is 253. The Balaban J connectivity index is 1.39. The van der Waals surface area contributed by atoms with Gasteiger partial charge in [-0.2, -0.15) is 0 Å². The second-order valence-corrected chi connectivity index (χ2v) is 6.53. The van der Waals surface area contributed by atoms with E-state index in [1.165, 1.54) is 71.1 Å². The monoisotopic (exact) mass is 252 g/mol. The van der Waals surface area contributed by atoms with E-state index in [1.807, 2.05) is 0 Å². The maximum absolute atomic E-state index is 10.0. The van der Waals surface area contributed by atoms with Crippen molar-refractivity contribution >= 4 is 0 Å². The number of nitrogens with zero attached hydrogens (tertiary/aromatic N) is 2. The van der Waals surface area contributed by atoms with Crippen LogP contribution in [-0.2, 0) is 0 Å². The molecule has 0 aromatic heterocycles. The van der Waals surface area contributed by atoms with E-state index >= 15 is 0 Å². The van der Waals surface area contributed by atoms with E-state index in [4.69, 9.17) is 0 Å². The predicted octanol–water partition coefficient (Wildman–Crippen LogP) is 1.71. The Hall–Kier alpha value is -0.120. The smallest absolute Gasteiger partial charge is 0.0695 e. The van der Waals surface area contributed by atoms with E-state index in [0.29, 0.717) is 5.92 Å². The highest BCUT2D eigenvalue weighted by molar-refractivity contribution is 4.86. The number of aliphatic hydroxyl groups excluding tert-OH is 1. The average molecular weight is 252 g/mol. The fraction of sp³-hybridized carbons (Fsp3) is 1.00. The van der Waals surface area contributed by atoms with Gasteiger partial charge in [0.15, 0.2) is 0 Å². The number of piperidine rings is 2. The van der Waals surface area contributed by atoms with Crippen LogP contribution in [0.1, 0.15) is 44.9 Å². The quantitative estimate of drug-likeness (QED) is 0.825. The molecule has 0 radical (unpaired) electrons. The van der Waals surface area contributed by atoms with Crippen molar-refractivity contribution in [2.75, 3.05) is 32.7 Å². The van der Waals surface area contributed by atoms with Crippen LogP contribution in [0.3, 0.4) is 0 Å². The minimum atomic E-state index is -0.0449. The van der Waals surface area contributed by atoms with Crippen molar-refractivity contribution in [1.29, 1.82) is 0 Å². The van der Waals surface area contributed by atoms with E-state index < -0.39 is 0 Å². The Kier molecular flexibility index (Phi) is 4.22. The summed E-state index contributed by atoms with van der Waals surface area (Å²) in [4.78, 5) is 5.21. The molecule has 1 unspecified atom stereocenters. The molecule has 1 N–H and O–H groups in total. The van der Waals surface area contributed by atoms with E-state index in [-0.39, 0.29) is 6.10 Å². The molecule has 2 aliphatic heterocycles. The van der Waals surface area contributed by atoms with Crippen LogP contribution >= 0.6 is 0 Å². The van der Waals surface area contributed by atoms with E-state index in [2.05, 4.69) is 9.80 Å². The molecule has 0 aromatic carbocycles. The molecule has 3 aliphatic rings. The van der Waals surface area contributed by atoms with Crippen molar-refractivity contribution in [3.8, 4) is 0 Å². The van der Waals surface area contributed by atoms with Gasteiger partial charge in [0, 0.05) is 12.6 Å². The third-order valence-corrected chi connectivity index (χ3v) is 5.08. The van der Waals surface area contributed by atoms with Gasteiger partial charge in [0.05, 0.1) is 6.10 Å². The molecule has 0 bridgehead atoms. The van der Waals surface area contributed by atoms with Crippen molar-refractivity contribution in [3.05, 3.63) is 0 Å². The highest BCUT2D eigenvalue weighted by atomic mass is 16.3. The molecule has 0 amide bonds. The van der Waals surface area contributed by atoms with Gasteiger partial charge in [-0.25, -0.2) is 0 Å². The molecule has 1 saturated carbocycles. The van der Waals surface area contributed by atoms with Crippen molar-refractivity contribution in [2.24, 2.45) is 5.92 Å². The minimum Gasteiger partial charge on any atom is -0.392 e. The van der Waals surface area contributed by atoms with Gasteiger partial charge >= 0.3 is 0 Å². The van der Waals surface area contributed by atoms with Gasteiger partial charge in [-0.15, -0.1) is 0 Å². The molecule has 3 nitrogen and oxygen atoms in total. The zero-order valence-corrected chi connectivity index (χ0v) is 11.6. The summed E-state index contributed by atoms with van der Waals surface area (Å²) >= 11 is 0. The zero-order chi connectivity index (χ0) is 12.4. The van der Waals surface area contributed by atoms with Gasteiger partial charge in [0.2, 0.25) is 0 Å². The molecule has 1 aliphatic carbocycles. The first-order valence-electron chi connectivity index (χ1n) is 7.97. The average Bonchev–Trinajstić information content (AvgIpc) is 3.25. The minimum absolute atomic E-state index is 0.0449. The molecular weight excluding hydrogens is 224 g/mol. The third-order valence-electron chi connectivity index (χ3n) is 5.08. The molecule has 104 valence electrons. The predicted molar refractivity (Wildman–Crippen MR) is 73.6 cm³/mol. The number of rotatable bonds is 4. The number of aliphatic hydroxyl groups is 1. The SMILES string of the molecule is OC(CN1CCC(N2CCCCC2)CC1)C1CC1. The highest BCUT2D eigenvalue weighted by Gasteiger charge is 2.32. The molecule has 18 heavy (non-hydrogen) atoms. The van der Waals surface area contributed by atoms with Crippen LogP contribution in [0.5, 0.6) is 0 Å². The maximum atomic E-state index is 10.0. The summed E-state index contributed by atoms with van der Waals surface area (Å²) in [5.41, 5.74) is 0. The second kappa shape index (κ2) is 5.89. The fourth-order valence-corrected chi connectivity index (χ4v) is 3.65. The van der Waals surface area contributed by atoms with Crippen molar-refractivity contribution in [1.82, 2.24) is 9.80 Å². The van der Waals surface area contributed by atoms with Crippen molar-refractivity contribution in [3.63, 3.8) is 0 Å². The molecule has 1 atom stereocenters. The molecule has 2 saturated heterocycles. The number of β-amino-alcohol motifs (C(OH)–C–C–N with tert-alkyl or cyclic N) is 1. The maximum Gasteiger partial charge on any atom is 0.0695 e. The Morgan fingerprint density at radius 3 is 2.17 bits per heavy atom. The van der Waals surface area contributed by atoms with Crippen LogP contribution < -0.4 is 0 Å². The molecule has 0 aromatic rings. The standard InChI is InChI=1S/C15H28N2O/c18-15(13-4-5-13)12-16-10-6-14(7-11-16)17-8-2-1-3-9-17/h13-15,18H,1-12H2. The Labute approximate surface area is 111 Å². The van der Waals surface area contributed by atoms with E-state index in [1.54, 1.807) is 0 Å². The number of likely N-dealkylation sites (tertiary alicyclic amines) is 2. The van der Waals surface area contributed by atoms with Crippen LogP contribution in [0.15, 0.2) is 0 Å². The van der Waals surface area contributed by atoms with Crippen LogP contribution in [0.25, 0.3) is 0 Å². The Morgan fingerprint density at radius 1 is 0.889 bits per heavy atom. The number of hydrogen-bond donors (Lipinski definition) is 1. The first kappa shape index (κ1) is 12.9. The van der Waals surface area contributed by atoms with Crippen LogP contribution in [-0.4, -0.2) is 59.8 Å². The summed E-state index contributed by atoms with van der Waals surface area (Å²) in [6.07, 6.45) is 9.34. The van der Waals surface area contributed by atoms with Crippen LogP contribution in [0, 0.1) is 5.92 Å². The second-order valence-electron chi connectivity index (χ2n) is 6.53. The lowest BCUT2D eigenvalue weighted by Gasteiger charge is -2.40. The van der Waals surface area contributed by atoms with Crippen molar-refractivity contribution < 1.29 is 5.11 Å². The lowest BCUT2D eigenvalue weighted by atomic mass is 9.99. The van der Waals surface area contributed by atoms with Gasteiger partial charge < -0.3 is 14.9 Å². The highest BCUT2D eigenvalue weighted by Crippen LogP contribution is 2.33. The van der Waals surface area contributed by atoms with E-state index in [0.717, 1.165) is 12.6 Å². The van der Waals surface area contributed by atoms with E-state index in [9.17, 15) is 5.11 Å². The molecule has 0 spiro atoms. The van der Waals surface area contributed by atoms with Gasteiger partial charge in [0.25, 0.3) is 0 Å².